The molecular weight excluding hydrogens is 546 g/mol. The molecule has 3 rings (SSSR count). The van der Waals surface area contributed by atoms with Crippen LogP contribution in [0.15, 0.2) is 77.7 Å². The highest BCUT2D eigenvalue weighted by Gasteiger charge is 2.34. The Balaban J connectivity index is 2.07. The summed E-state index contributed by atoms with van der Waals surface area (Å²) in [5.41, 5.74) is 2.65. The van der Waals surface area contributed by atoms with E-state index in [0.717, 1.165) is 22.7 Å². The zero-order valence-corrected chi connectivity index (χ0v) is 25.1. The third kappa shape index (κ3) is 7.64. The third-order valence-corrected chi connectivity index (χ3v) is 8.90. The van der Waals surface area contributed by atoms with Gasteiger partial charge in [0.15, 0.2) is 0 Å². The van der Waals surface area contributed by atoms with Gasteiger partial charge in [-0.15, -0.1) is 0 Å². The highest BCUT2D eigenvalue weighted by Crippen LogP contribution is 2.29. The van der Waals surface area contributed by atoms with Crippen molar-refractivity contribution in [3.05, 3.63) is 94.5 Å². The van der Waals surface area contributed by atoms with Crippen LogP contribution < -0.4 is 9.62 Å². The quantitative estimate of drug-likeness (QED) is 0.255. The number of amides is 2. The van der Waals surface area contributed by atoms with Crippen LogP contribution in [0, 0.1) is 13.8 Å². The lowest BCUT2D eigenvalue weighted by atomic mass is 10.1. The molecule has 1 unspecified atom stereocenters. The summed E-state index contributed by atoms with van der Waals surface area (Å²) in [7, 11) is -4.11. The predicted molar refractivity (Wildman–Crippen MR) is 161 cm³/mol. The van der Waals surface area contributed by atoms with Crippen LogP contribution in [0.2, 0.25) is 5.02 Å². The van der Waals surface area contributed by atoms with Crippen molar-refractivity contribution in [2.75, 3.05) is 17.4 Å². The van der Waals surface area contributed by atoms with E-state index in [1.165, 1.54) is 17.0 Å². The second-order valence-corrected chi connectivity index (χ2v) is 12.1. The van der Waals surface area contributed by atoms with Gasteiger partial charge in [-0.05, 0) is 67.6 Å². The molecule has 0 saturated heterocycles. The SMILES string of the molecule is CCCCNC(=O)C(CC)N(Cc1ccccc1Cl)C(=O)CN(c1cc(C)ccc1C)S(=O)(=O)c1ccccc1. The van der Waals surface area contributed by atoms with Crippen molar-refractivity contribution in [1.29, 1.82) is 0 Å². The van der Waals surface area contributed by atoms with E-state index in [2.05, 4.69) is 5.32 Å². The van der Waals surface area contributed by atoms with Crippen molar-refractivity contribution < 1.29 is 18.0 Å². The molecule has 0 fully saturated rings. The van der Waals surface area contributed by atoms with Gasteiger partial charge in [-0.2, -0.15) is 0 Å². The number of unbranched alkanes of at least 4 members (excludes halogenated alkanes) is 1. The number of halogens is 1. The number of aryl methyl sites for hydroxylation is 2. The number of carbonyl (C=O) groups excluding carboxylic acids is 2. The molecule has 0 radical (unpaired) electrons. The van der Waals surface area contributed by atoms with Gasteiger partial charge >= 0.3 is 0 Å². The summed E-state index contributed by atoms with van der Waals surface area (Å²) in [6.45, 7) is 7.62. The van der Waals surface area contributed by atoms with E-state index in [9.17, 15) is 18.0 Å². The molecule has 2 amide bonds. The maximum atomic E-state index is 14.1. The minimum atomic E-state index is -4.11. The van der Waals surface area contributed by atoms with E-state index >= 15 is 0 Å². The molecule has 0 heterocycles. The zero-order chi connectivity index (χ0) is 29.3. The van der Waals surface area contributed by atoms with E-state index < -0.39 is 28.5 Å². The van der Waals surface area contributed by atoms with Gasteiger partial charge in [-0.25, -0.2) is 8.42 Å². The molecule has 1 atom stereocenters. The molecule has 0 aliphatic carbocycles. The molecule has 0 aliphatic heterocycles. The first kappa shape index (κ1) is 31.2. The Morgan fingerprint density at radius 3 is 2.27 bits per heavy atom. The number of carbonyl (C=O) groups is 2. The first-order valence-electron chi connectivity index (χ1n) is 13.6. The van der Waals surface area contributed by atoms with Crippen molar-refractivity contribution in [2.45, 2.75) is 64.4 Å². The normalized spacial score (nSPS) is 12.0. The Labute approximate surface area is 243 Å². The lowest BCUT2D eigenvalue weighted by molar-refractivity contribution is -0.140. The van der Waals surface area contributed by atoms with E-state index in [0.29, 0.717) is 34.8 Å². The maximum absolute atomic E-state index is 14.1. The van der Waals surface area contributed by atoms with Crippen molar-refractivity contribution in [3.63, 3.8) is 0 Å². The molecule has 3 aromatic carbocycles. The van der Waals surface area contributed by atoms with Gasteiger partial charge < -0.3 is 10.2 Å². The van der Waals surface area contributed by atoms with Crippen LogP contribution in [0.1, 0.15) is 49.8 Å². The summed E-state index contributed by atoms with van der Waals surface area (Å²) in [6.07, 6.45) is 2.08. The van der Waals surface area contributed by atoms with E-state index in [1.807, 2.05) is 45.9 Å². The highest BCUT2D eigenvalue weighted by molar-refractivity contribution is 7.92. The van der Waals surface area contributed by atoms with Crippen LogP contribution in [-0.4, -0.2) is 44.3 Å². The number of benzene rings is 3. The molecule has 0 saturated carbocycles. The summed E-state index contributed by atoms with van der Waals surface area (Å²) in [5, 5.41) is 3.39. The number of hydrogen-bond acceptors (Lipinski definition) is 4. The van der Waals surface area contributed by atoms with Crippen molar-refractivity contribution >= 4 is 39.1 Å². The van der Waals surface area contributed by atoms with Gasteiger partial charge in [0.05, 0.1) is 10.6 Å². The number of rotatable bonds is 13. The molecule has 3 aromatic rings. The molecule has 1 N–H and O–H groups in total. The molecule has 0 bridgehead atoms. The van der Waals surface area contributed by atoms with Crippen LogP contribution in [0.5, 0.6) is 0 Å². The fourth-order valence-corrected chi connectivity index (χ4v) is 6.14. The molecule has 214 valence electrons. The van der Waals surface area contributed by atoms with Gasteiger partial charge in [-0.3, -0.25) is 13.9 Å². The van der Waals surface area contributed by atoms with Crippen LogP contribution in [0.4, 0.5) is 5.69 Å². The molecule has 0 aromatic heterocycles. The Kier molecular flexibility index (Phi) is 11.2. The smallest absolute Gasteiger partial charge is 0.264 e. The predicted octanol–water partition coefficient (Wildman–Crippen LogP) is 5.88. The second-order valence-electron chi connectivity index (χ2n) is 9.80. The molecule has 40 heavy (non-hydrogen) atoms. The van der Waals surface area contributed by atoms with Gasteiger partial charge in [0.25, 0.3) is 10.0 Å². The van der Waals surface area contributed by atoms with Crippen LogP contribution in [-0.2, 0) is 26.2 Å². The minimum Gasteiger partial charge on any atom is -0.354 e. The van der Waals surface area contributed by atoms with Gasteiger partial charge in [-0.1, -0.05) is 80.4 Å². The summed E-state index contributed by atoms with van der Waals surface area (Å²) < 4.78 is 29.1. The van der Waals surface area contributed by atoms with Crippen molar-refractivity contribution in [1.82, 2.24) is 10.2 Å². The topological polar surface area (TPSA) is 86.8 Å². The summed E-state index contributed by atoms with van der Waals surface area (Å²) in [4.78, 5) is 28.9. The van der Waals surface area contributed by atoms with Gasteiger partial charge in [0.2, 0.25) is 11.8 Å². The first-order chi connectivity index (χ1) is 19.1. The minimum absolute atomic E-state index is 0.0598. The van der Waals surface area contributed by atoms with E-state index in [1.54, 1.807) is 42.5 Å². The molecular formula is C31H38ClN3O4S. The summed E-state index contributed by atoms with van der Waals surface area (Å²) in [5.74, 6) is -0.779. The standard InChI is InChI=1S/C31H38ClN3O4S/c1-5-7-19-33-31(37)28(6-2)34(21-25-13-11-12-16-27(25)32)30(36)22-35(29-20-23(3)17-18-24(29)4)40(38,39)26-14-9-8-10-15-26/h8-18,20,28H,5-7,19,21-22H2,1-4H3,(H,33,37). The lowest BCUT2D eigenvalue weighted by Crippen LogP contribution is -2.52. The molecule has 0 aliphatic rings. The van der Waals surface area contributed by atoms with Gasteiger partial charge in [0.1, 0.15) is 12.6 Å². The van der Waals surface area contributed by atoms with Crippen LogP contribution >= 0.6 is 11.6 Å². The van der Waals surface area contributed by atoms with Crippen LogP contribution in [0.3, 0.4) is 0 Å². The van der Waals surface area contributed by atoms with E-state index in [-0.39, 0.29) is 17.3 Å². The van der Waals surface area contributed by atoms with E-state index in [4.69, 9.17) is 11.6 Å². The Bertz CT molecular complexity index is 1410. The largest absolute Gasteiger partial charge is 0.354 e. The average Bonchev–Trinajstić information content (AvgIpc) is 2.94. The Morgan fingerprint density at radius 1 is 0.950 bits per heavy atom. The number of nitrogens with one attached hydrogen (secondary N) is 1. The van der Waals surface area contributed by atoms with Crippen LogP contribution in [0.25, 0.3) is 0 Å². The fourth-order valence-electron chi connectivity index (χ4n) is 4.46. The molecule has 0 spiro atoms. The Hall–Kier alpha value is -3.36. The highest BCUT2D eigenvalue weighted by atomic mass is 35.5. The Morgan fingerprint density at radius 2 is 1.62 bits per heavy atom. The summed E-state index contributed by atoms with van der Waals surface area (Å²) in [6, 6.07) is 19.9. The average molecular weight is 584 g/mol. The fraction of sp³-hybridized carbons (Fsp3) is 0.355. The lowest BCUT2D eigenvalue weighted by Gasteiger charge is -2.33. The number of sulfonamides is 1. The van der Waals surface area contributed by atoms with Gasteiger partial charge in [0, 0.05) is 18.1 Å². The third-order valence-electron chi connectivity index (χ3n) is 6.76. The monoisotopic (exact) mass is 583 g/mol. The van der Waals surface area contributed by atoms with Crippen molar-refractivity contribution in [3.8, 4) is 0 Å². The second kappa shape index (κ2) is 14.3. The number of nitrogens with zero attached hydrogens (tertiary/aromatic N) is 2. The summed E-state index contributed by atoms with van der Waals surface area (Å²) >= 11 is 6.45. The number of hydrogen-bond donors (Lipinski definition) is 1. The maximum Gasteiger partial charge on any atom is 0.264 e. The molecule has 9 heteroatoms. The first-order valence-corrected chi connectivity index (χ1v) is 15.4. The molecule has 7 nitrogen and oxygen atoms in total. The zero-order valence-electron chi connectivity index (χ0n) is 23.6. The number of anilines is 1. The van der Waals surface area contributed by atoms with Crippen molar-refractivity contribution in [2.24, 2.45) is 0 Å².